The van der Waals surface area contributed by atoms with Gasteiger partial charge in [-0.3, -0.25) is 9.59 Å². The van der Waals surface area contributed by atoms with E-state index in [1.807, 2.05) is 53.4 Å². The van der Waals surface area contributed by atoms with Crippen LogP contribution in [0, 0.1) is 19.3 Å². The molecule has 1 aliphatic heterocycles. The van der Waals surface area contributed by atoms with E-state index in [9.17, 15) is 19.5 Å². The van der Waals surface area contributed by atoms with E-state index in [2.05, 4.69) is 31.3 Å². The zero-order chi connectivity index (χ0) is 32.5. The summed E-state index contributed by atoms with van der Waals surface area (Å²) in [7, 11) is 0. The van der Waals surface area contributed by atoms with E-state index in [1.165, 1.54) is 5.56 Å². The van der Waals surface area contributed by atoms with Crippen LogP contribution in [0.1, 0.15) is 80.0 Å². The number of benzene rings is 3. The van der Waals surface area contributed by atoms with Gasteiger partial charge in [-0.15, -0.1) is 0 Å². The van der Waals surface area contributed by atoms with E-state index < -0.39 is 17.5 Å². The Morgan fingerprint density at radius 1 is 0.957 bits per heavy atom. The molecule has 0 atom stereocenters. The van der Waals surface area contributed by atoms with Gasteiger partial charge >= 0.3 is 12.1 Å². The third kappa shape index (κ3) is 8.27. The Bertz CT molecular complexity index is 1540. The first-order valence-corrected chi connectivity index (χ1v) is 16.6. The number of alkyl carbamates (subject to hydrolysis) is 1. The Labute approximate surface area is 272 Å². The third-order valence-electron chi connectivity index (χ3n) is 9.56. The van der Waals surface area contributed by atoms with Gasteiger partial charge in [0.05, 0.1) is 13.0 Å². The molecule has 8 nitrogen and oxygen atoms in total. The third-order valence-corrected chi connectivity index (χ3v) is 9.56. The Balaban J connectivity index is 1.18. The van der Waals surface area contributed by atoms with Crippen LogP contribution in [0.5, 0.6) is 5.75 Å². The molecule has 0 radical (unpaired) electrons. The number of aliphatic carboxylic acids is 1. The molecule has 2 N–H and O–H groups in total. The maximum Gasteiger partial charge on any atom is 0.407 e. The highest BCUT2D eigenvalue weighted by atomic mass is 16.5. The van der Waals surface area contributed by atoms with Gasteiger partial charge in [0.15, 0.2) is 0 Å². The van der Waals surface area contributed by atoms with Crippen LogP contribution in [-0.4, -0.2) is 42.8 Å². The maximum absolute atomic E-state index is 13.4. The maximum atomic E-state index is 13.4. The molecule has 3 aromatic carbocycles. The fourth-order valence-corrected chi connectivity index (χ4v) is 6.90. The van der Waals surface area contributed by atoms with E-state index in [4.69, 9.17) is 9.47 Å². The largest absolute Gasteiger partial charge is 0.493 e. The number of carboxylic acids is 1. The van der Waals surface area contributed by atoms with Crippen molar-refractivity contribution in [3.05, 3.63) is 82.9 Å². The van der Waals surface area contributed by atoms with Crippen molar-refractivity contribution >= 4 is 23.7 Å². The molecule has 3 aromatic rings. The quantitative estimate of drug-likeness (QED) is 0.199. The summed E-state index contributed by atoms with van der Waals surface area (Å²) < 4.78 is 11.5. The smallest absolute Gasteiger partial charge is 0.407 e. The SMILES string of the molecule is Cc1cccc(OCCCC(=O)N2CCCc3c(-c4cccc(COC(=O)NCC5(CC(=O)O)CCCCC5)c4)cccc32)c1C. The molecule has 0 saturated heterocycles. The summed E-state index contributed by atoms with van der Waals surface area (Å²) in [5.74, 6) is 0.148. The highest BCUT2D eigenvalue weighted by Gasteiger charge is 2.35. The highest BCUT2D eigenvalue weighted by Crippen LogP contribution is 2.39. The highest BCUT2D eigenvalue weighted by molar-refractivity contribution is 5.96. The minimum absolute atomic E-state index is 0.0574. The van der Waals surface area contributed by atoms with Gasteiger partial charge < -0.3 is 24.8 Å². The van der Waals surface area contributed by atoms with Crippen LogP contribution in [0.3, 0.4) is 0 Å². The van der Waals surface area contributed by atoms with Gasteiger partial charge in [-0.05, 0) is 103 Å². The van der Waals surface area contributed by atoms with Gasteiger partial charge in [0, 0.05) is 25.2 Å². The molecule has 8 heteroatoms. The Hall–Kier alpha value is -4.33. The first-order valence-electron chi connectivity index (χ1n) is 16.6. The van der Waals surface area contributed by atoms with Crippen molar-refractivity contribution in [2.24, 2.45) is 5.41 Å². The van der Waals surface area contributed by atoms with Crippen LogP contribution >= 0.6 is 0 Å². The molecule has 46 heavy (non-hydrogen) atoms. The fourth-order valence-electron chi connectivity index (χ4n) is 6.90. The Kier molecular flexibility index (Phi) is 11.0. The molecule has 0 bridgehead atoms. The zero-order valence-corrected chi connectivity index (χ0v) is 27.1. The van der Waals surface area contributed by atoms with Gasteiger partial charge in [-0.25, -0.2) is 4.79 Å². The molecule has 2 amide bonds. The number of carbonyl (C=O) groups is 3. The molecular weight excluding hydrogens is 580 g/mol. The van der Waals surface area contributed by atoms with Gasteiger partial charge in [0.2, 0.25) is 5.91 Å². The van der Waals surface area contributed by atoms with Crippen LogP contribution in [-0.2, 0) is 27.4 Å². The summed E-state index contributed by atoms with van der Waals surface area (Å²) in [5.41, 5.74) is 6.98. The minimum Gasteiger partial charge on any atom is -0.493 e. The summed E-state index contributed by atoms with van der Waals surface area (Å²) in [6.45, 7) is 5.72. The number of rotatable bonds is 12. The molecule has 1 heterocycles. The van der Waals surface area contributed by atoms with Crippen LogP contribution < -0.4 is 15.0 Å². The predicted octanol–water partition coefficient (Wildman–Crippen LogP) is 7.76. The molecule has 244 valence electrons. The summed E-state index contributed by atoms with van der Waals surface area (Å²) in [6, 6.07) is 20.1. The fraction of sp³-hybridized carbons (Fsp3) is 0.447. The average Bonchev–Trinajstić information content (AvgIpc) is 3.06. The van der Waals surface area contributed by atoms with Crippen LogP contribution in [0.4, 0.5) is 10.5 Å². The number of nitrogens with one attached hydrogen (secondary N) is 1. The summed E-state index contributed by atoms with van der Waals surface area (Å²) in [4.78, 5) is 39.3. The molecule has 1 fully saturated rings. The van der Waals surface area contributed by atoms with Crippen molar-refractivity contribution < 1.29 is 29.0 Å². The van der Waals surface area contributed by atoms with Crippen molar-refractivity contribution in [1.82, 2.24) is 5.32 Å². The topological polar surface area (TPSA) is 105 Å². The van der Waals surface area contributed by atoms with E-state index in [0.29, 0.717) is 32.5 Å². The predicted molar refractivity (Wildman–Crippen MR) is 179 cm³/mol. The lowest BCUT2D eigenvalue weighted by Gasteiger charge is -2.36. The van der Waals surface area contributed by atoms with Gasteiger partial charge in [-0.1, -0.05) is 61.7 Å². The normalized spacial score (nSPS) is 15.5. The molecule has 1 saturated carbocycles. The van der Waals surface area contributed by atoms with Gasteiger partial charge in [-0.2, -0.15) is 0 Å². The first-order chi connectivity index (χ1) is 22.2. The number of nitrogens with zero attached hydrogens (tertiary/aromatic N) is 1. The van der Waals surface area contributed by atoms with Gasteiger partial charge in [0.1, 0.15) is 12.4 Å². The number of carbonyl (C=O) groups excluding carboxylic acids is 2. The van der Waals surface area contributed by atoms with Crippen molar-refractivity contribution in [2.75, 3.05) is 24.6 Å². The summed E-state index contributed by atoms with van der Waals surface area (Å²) in [6.07, 6.45) is 7.02. The van der Waals surface area contributed by atoms with Crippen molar-refractivity contribution in [1.29, 1.82) is 0 Å². The number of carboxylic acid groups (broad SMARTS) is 1. The standard InChI is InChI=1S/C38H46N2O6/c1-27-11-6-17-34(28(27)2)45-22-10-18-35(41)40-21-9-15-32-31(14-8-16-33(32)40)30-13-7-12-29(23-30)25-46-37(44)39-26-38(24-36(42)43)19-4-3-5-20-38/h6-8,11-14,16-17,23H,3-5,9-10,15,18-22,24-26H2,1-2H3,(H,39,44)(H,42,43). The lowest BCUT2D eigenvalue weighted by molar-refractivity contribution is -0.140. The number of ether oxygens (including phenoxy) is 2. The molecule has 2 aliphatic rings. The summed E-state index contributed by atoms with van der Waals surface area (Å²) in [5, 5.41) is 12.2. The molecule has 5 rings (SSSR count). The average molecular weight is 627 g/mol. The van der Waals surface area contributed by atoms with Crippen LogP contribution in [0.25, 0.3) is 11.1 Å². The second kappa shape index (κ2) is 15.3. The van der Waals surface area contributed by atoms with E-state index >= 15 is 0 Å². The van der Waals surface area contributed by atoms with E-state index in [-0.39, 0.29) is 18.9 Å². The summed E-state index contributed by atoms with van der Waals surface area (Å²) >= 11 is 0. The van der Waals surface area contributed by atoms with Crippen LogP contribution in [0.2, 0.25) is 0 Å². The number of aryl methyl sites for hydroxylation is 1. The van der Waals surface area contributed by atoms with Crippen molar-refractivity contribution in [3.63, 3.8) is 0 Å². The van der Waals surface area contributed by atoms with E-state index in [0.717, 1.165) is 84.2 Å². The number of hydrogen-bond donors (Lipinski definition) is 2. The van der Waals surface area contributed by atoms with Crippen molar-refractivity contribution in [2.45, 2.75) is 84.7 Å². The minimum atomic E-state index is -0.831. The Morgan fingerprint density at radius 2 is 1.74 bits per heavy atom. The van der Waals surface area contributed by atoms with E-state index in [1.54, 1.807) is 0 Å². The number of hydrogen-bond acceptors (Lipinski definition) is 5. The van der Waals surface area contributed by atoms with Gasteiger partial charge in [0.25, 0.3) is 0 Å². The molecule has 0 aromatic heterocycles. The Morgan fingerprint density at radius 3 is 2.54 bits per heavy atom. The second-order valence-electron chi connectivity index (χ2n) is 12.9. The monoisotopic (exact) mass is 626 g/mol. The lowest BCUT2D eigenvalue weighted by atomic mass is 9.72. The van der Waals surface area contributed by atoms with Crippen molar-refractivity contribution in [3.8, 4) is 16.9 Å². The number of fused-ring (bicyclic) bond motifs is 1. The first kappa shape index (κ1) is 33.0. The molecular formula is C38H46N2O6. The molecule has 1 aliphatic carbocycles. The zero-order valence-electron chi connectivity index (χ0n) is 27.1. The van der Waals surface area contributed by atoms with Crippen LogP contribution in [0.15, 0.2) is 60.7 Å². The number of anilines is 1. The number of amides is 2. The lowest BCUT2D eigenvalue weighted by Crippen LogP contribution is -2.40. The second-order valence-corrected chi connectivity index (χ2v) is 12.9. The molecule has 0 spiro atoms. The molecule has 0 unspecified atom stereocenters.